The second kappa shape index (κ2) is 7.62. The van der Waals surface area contributed by atoms with Crippen molar-refractivity contribution in [1.82, 2.24) is 15.8 Å². The molecule has 0 aliphatic rings. The number of rotatable bonds is 4. The van der Waals surface area contributed by atoms with Crippen molar-refractivity contribution in [2.75, 3.05) is 6.26 Å². The fourth-order valence-corrected chi connectivity index (χ4v) is 3.42. The van der Waals surface area contributed by atoms with E-state index in [4.69, 9.17) is 11.6 Å². The molecule has 116 valence electrons. The van der Waals surface area contributed by atoms with Crippen molar-refractivity contribution in [2.24, 2.45) is 0 Å². The number of hydrogen-bond acceptors (Lipinski definition) is 5. The first kappa shape index (κ1) is 16.8. The van der Waals surface area contributed by atoms with Gasteiger partial charge in [-0.15, -0.1) is 11.3 Å². The molecule has 0 saturated carbocycles. The molecule has 1 aromatic heterocycles. The quantitative estimate of drug-likeness (QED) is 0.653. The molecular weight excluding hydrogens is 342 g/mol. The lowest BCUT2D eigenvalue weighted by Crippen LogP contribution is -2.42. The van der Waals surface area contributed by atoms with Crippen molar-refractivity contribution in [3.05, 3.63) is 45.4 Å². The summed E-state index contributed by atoms with van der Waals surface area (Å²) in [5, 5.41) is 0.547. The maximum absolute atomic E-state index is 11.9. The number of aromatic nitrogens is 1. The highest BCUT2D eigenvalue weighted by atomic mass is 35.5. The summed E-state index contributed by atoms with van der Waals surface area (Å²) in [6, 6.07) is 6.40. The Bertz CT molecular complexity index is 686. The number of hydrogen-bond donors (Lipinski definition) is 2. The molecule has 2 aromatic rings. The molecule has 5 nitrogen and oxygen atoms in total. The minimum atomic E-state index is -0.393. The number of carbonyl (C=O) groups excluding carboxylic acids is 2. The number of hydrazine groups is 1. The summed E-state index contributed by atoms with van der Waals surface area (Å²) in [7, 11) is 0. The molecular formula is C14H14ClN3O2S2. The molecule has 2 amide bonds. The van der Waals surface area contributed by atoms with Crippen LogP contribution in [-0.4, -0.2) is 23.1 Å². The smallest absolute Gasteiger partial charge is 0.269 e. The number of benzene rings is 1. The van der Waals surface area contributed by atoms with Crippen LogP contribution in [0.15, 0.2) is 28.6 Å². The van der Waals surface area contributed by atoms with Gasteiger partial charge >= 0.3 is 0 Å². The van der Waals surface area contributed by atoms with Crippen LogP contribution in [-0.2, 0) is 11.2 Å². The molecule has 8 heteroatoms. The molecule has 0 fully saturated rings. The van der Waals surface area contributed by atoms with Crippen LogP contribution in [0.1, 0.15) is 20.9 Å². The minimum Gasteiger partial charge on any atom is -0.273 e. The van der Waals surface area contributed by atoms with Gasteiger partial charge in [0.05, 0.1) is 12.1 Å². The fraction of sp³-hybridized carbons (Fsp3) is 0.214. The lowest BCUT2D eigenvalue weighted by molar-refractivity contribution is -0.121. The van der Waals surface area contributed by atoms with E-state index < -0.39 is 5.91 Å². The third-order valence-corrected chi connectivity index (χ3v) is 5.19. The van der Waals surface area contributed by atoms with Gasteiger partial charge in [0.25, 0.3) is 5.91 Å². The molecule has 0 unspecified atom stereocenters. The number of halogens is 1. The first-order valence-corrected chi connectivity index (χ1v) is 8.76. The van der Waals surface area contributed by atoms with Crippen LogP contribution in [0.25, 0.3) is 0 Å². The molecule has 1 aromatic carbocycles. The summed E-state index contributed by atoms with van der Waals surface area (Å²) < 4.78 is 0.922. The highest BCUT2D eigenvalue weighted by molar-refractivity contribution is 8.00. The van der Waals surface area contributed by atoms with Gasteiger partial charge in [-0.3, -0.25) is 20.4 Å². The van der Waals surface area contributed by atoms with Crippen molar-refractivity contribution in [2.45, 2.75) is 17.7 Å². The fourth-order valence-electron chi connectivity index (χ4n) is 1.64. The first-order valence-electron chi connectivity index (χ1n) is 6.34. The van der Waals surface area contributed by atoms with Crippen molar-refractivity contribution >= 4 is 46.5 Å². The van der Waals surface area contributed by atoms with Crippen molar-refractivity contribution in [3.63, 3.8) is 0 Å². The number of thiazole rings is 1. The molecule has 0 saturated heterocycles. The van der Waals surface area contributed by atoms with Gasteiger partial charge in [-0.25, -0.2) is 4.98 Å². The summed E-state index contributed by atoms with van der Waals surface area (Å²) in [6.07, 6.45) is 2.12. The Labute approximate surface area is 141 Å². The molecule has 0 bridgehead atoms. The average molecular weight is 356 g/mol. The topological polar surface area (TPSA) is 71.1 Å². The number of aryl methyl sites for hydroxylation is 1. The number of nitrogens with zero attached hydrogens (tertiary/aromatic N) is 1. The van der Waals surface area contributed by atoms with Crippen LogP contribution in [0, 0.1) is 6.92 Å². The van der Waals surface area contributed by atoms with Gasteiger partial charge in [0.2, 0.25) is 5.91 Å². The van der Waals surface area contributed by atoms with E-state index >= 15 is 0 Å². The SMILES string of the molecule is CSc1nc(C)c(CC(=O)NNC(=O)c2ccc(Cl)cc2)s1. The lowest BCUT2D eigenvalue weighted by atomic mass is 10.2. The molecule has 0 radical (unpaired) electrons. The van der Waals surface area contributed by atoms with Crippen molar-refractivity contribution in [3.8, 4) is 0 Å². The summed E-state index contributed by atoms with van der Waals surface area (Å²) in [5.74, 6) is -0.683. The standard InChI is InChI=1S/C14H14ClN3O2S2/c1-8-11(22-14(16-8)21-2)7-12(19)17-18-13(20)9-3-5-10(15)6-4-9/h3-6H,7H2,1-2H3,(H,17,19)(H,18,20). The summed E-state index contributed by atoms with van der Waals surface area (Å²) >= 11 is 8.78. The van der Waals surface area contributed by atoms with Crippen molar-refractivity contribution < 1.29 is 9.59 Å². The molecule has 2 rings (SSSR count). The second-order valence-corrected chi connectivity index (χ2v) is 6.95. The third kappa shape index (κ3) is 4.46. The first-order chi connectivity index (χ1) is 10.5. The lowest BCUT2D eigenvalue weighted by Gasteiger charge is -2.07. The van der Waals surface area contributed by atoms with Crippen LogP contribution < -0.4 is 10.9 Å². The van der Waals surface area contributed by atoms with Crippen LogP contribution in [0.2, 0.25) is 5.02 Å². The predicted octanol–water partition coefficient (Wildman–Crippen LogP) is 2.83. The zero-order chi connectivity index (χ0) is 16.1. The third-order valence-electron chi connectivity index (χ3n) is 2.79. The number of nitrogens with one attached hydrogen (secondary N) is 2. The molecule has 0 spiro atoms. The second-order valence-electron chi connectivity index (χ2n) is 4.38. The minimum absolute atomic E-state index is 0.185. The summed E-state index contributed by atoms with van der Waals surface area (Å²) in [5.41, 5.74) is 6.04. The zero-order valence-corrected chi connectivity index (χ0v) is 14.4. The van der Waals surface area contributed by atoms with E-state index in [1.807, 2.05) is 13.2 Å². The van der Waals surface area contributed by atoms with E-state index in [9.17, 15) is 9.59 Å². The van der Waals surface area contributed by atoms with Crippen molar-refractivity contribution in [1.29, 1.82) is 0 Å². The number of amides is 2. The van der Waals surface area contributed by atoms with E-state index in [0.717, 1.165) is 14.9 Å². The van der Waals surface area contributed by atoms with Gasteiger partial charge in [0, 0.05) is 15.5 Å². The Morgan fingerprint density at radius 1 is 1.27 bits per heavy atom. The highest BCUT2D eigenvalue weighted by Gasteiger charge is 2.12. The Hall–Kier alpha value is -1.57. The Morgan fingerprint density at radius 3 is 2.55 bits per heavy atom. The highest BCUT2D eigenvalue weighted by Crippen LogP contribution is 2.25. The van der Waals surface area contributed by atoms with Gasteiger partial charge < -0.3 is 0 Å². The van der Waals surface area contributed by atoms with E-state index in [1.54, 1.807) is 36.0 Å². The average Bonchev–Trinajstić information content (AvgIpc) is 2.86. The largest absolute Gasteiger partial charge is 0.273 e. The molecule has 2 N–H and O–H groups in total. The van der Waals surface area contributed by atoms with Crippen LogP contribution in [0.5, 0.6) is 0 Å². The van der Waals surface area contributed by atoms with Gasteiger partial charge in [0.15, 0.2) is 0 Å². The van der Waals surface area contributed by atoms with Gasteiger partial charge in [-0.1, -0.05) is 23.4 Å². The summed E-state index contributed by atoms with van der Waals surface area (Å²) in [6.45, 7) is 1.87. The van der Waals surface area contributed by atoms with E-state index in [-0.39, 0.29) is 12.3 Å². The maximum Gasteiger partial charge on any atom is 0.269 e. The molecule has 0 aliphatic heterocycles. The van der Waals surface area contributed by atoms with Gasteiger partial charge in [-0.05, 0) is 37.4 Å². The van der Waals surface area contributed by atoms with Crippen LogP contribution in [0.4, 0.5) is 0 Å². The number of thioether (sulfide) groups is 1. The van der Waals surface area contributed by atoms with Gasteiger partial charge in [0.1, 0.15) is 4.34 Å². The normalized spacial score (nSPS) is 10.3. The molecule has 1 heterocycles. The Balaban J connectivity index is 1.88. The number of carbonyl (C=O) groups is 2. The molecule has 22 heavy (non-hydrogen) atoms. The predicted molar refractivity (Wildman–Crippen MR) is 89.4 cm³/mol. The molecule has 0 aliphatic carbocycles. The zero-order valence-electron chi connectivity index (χ0n) is 12.0. The maximum atomic E-state index is 11.9. The van der Waals surface area contributed by atoms with E-state index in [2.05, 4.69) is 15.8 Å². The van der Waals surface area contributed by atoms with E-state index in [0.29, 0.717) is 10.6 Å². The van der Waals surface area contributed by atoms with E-state index in [1.165, 1.54) is 11.3 Å². The Kier molecular flexibility index (Phi) is 5.82. The summed E-state index contributed by atoms with van der Waals surface area (Å²) in [4.78, 5) is 29.0. The van der Waals surface area contributed by atoms with Crippen LogP contribution >= 0.6 is 34.7 Å². The monoisotopic (exact) mass is 355 g/mol. The van der Waals surface area contributed by atoms with Crippen LogP contribution in [0.3, 0.4) is 0 Å². The molecule has 0 atom stereocenters. The van der Waals surface area contributed by atoms with Gasteiger partial charge in [-0.2, -0.15) is 0 Å². The Morgan fingerprint density at radius 2 is 1.95 bits per heavy atom.